The van der Waals surface area contributed by atoms with Crippen LogP contribution >= 0.6 is 0 Å². The molecule has 2 saturated heterocycles. The molecule has 4 heteroatoms. The smallest absolute Gasteiger partial charge is 0.239 e. The van der Waals surface area contributed by atoms with E-state index in [1.807, 2.05) is 4.90 Å². The summed E-state index contributed by atoms with van der Waals surface area (Å²) in [4.78, 5) is 13.8. The average Bonchev–Trinajstić information content (AvgIpc) is 2.65. The molecule has 2 heterocycles. The van der Waals surface area contributed by atoms with Gasteiger partial charge in [-0.3, -0.25) is 4.79 Å². The molecular formula is C10H18N2O2. The summed E-state index contributed by atoms with van der Waals surface area (Å²) in [5.41, 5.74) is 0. The molecule has 14 heavy (non-hydrogen) atoms. The Balaban J connectivity index is 1.87. The number of nitrogens with zero attached hydrogens (tertiary/aromatic N) is 1. The molecule has 0 aromatic carbocycles. The Morgan fingerprint density at radius 3 is 2.57 bits per heavy atom. The minimum atomic E-state index is -0.339. The number of aliphatic hydroxyl groups excluding tert-OH is 1. The van der Waals surface area contributed by atoms with Gasteiger partial charge in [0.15, 0.2) is 0 Å². The highest BCUT2D eigenvalue weighted by Crippen LogP contribution is 2.14. The fraction of sp³-hybridized carbons (Fsp3) is 0.900. The maximum absolute atomic E-state index is 11.9. The highest BCUT2D eigenvalue weighted by Gasteiger charge is 2.31. The zero-order chi connectivity index (χ0) is 9.97. The highest BCUT2D eigenvalue weighted by atomic mass is 16.3. The normalized spacial score (nSPS) is 33.4. The molecule has 2 fully saturated rings. The molecule has 0 saturated carbocycles. The molecule has 2 unspecified atom stereocenters. The van der Waals surface area contributed by atoms with E-state index in [4.69, 9.17) is 0 Å². The van der Waals surface area contributed by atoms with Crippen LogP contribution in [0, 0.1) is 0 Å². The van der Waals surface area contributed by atoms with E-state index in [2.05, 4.69) is 5.32 Å². The number of nitrogens with one attached hydrogen (secondary N) is 1. The van der Waals surface area contributed by atoms with E-state index in [-0.39, 0.29) is 18.1 Å². The average molecular weight is 198 g/mol. The van der Waals surface area contributed by atoms with Gasteiger partial charge < -0.3 is 15.3 Å². The van der Waals surface area contributed by atoms with E-state index in [9.17, 15) is 9.90 Å². The Bertz CT molecular complexity index is 207. The van der Waals surface area contributed by atoms with Crippen LogP contribution in [0.4, 0.5) is 0 Å². The van der Waals surface area contributed by atoms with Crippen molar-refractivity contribution in [2.24, 2.45) is 0 Å². The van der Waals surface area contributed by atoms with Crippen LogP contribution in [0.3, 0.4) is 0 Å². The van der Waals surface area contributed by atoms with Crippen molar-refractivity contribution in [3.63, 3.8) is 0 Å². The van der Waals surface area contributed by atoms with Gasteiger partial charge in [0.2, 0.25) is 5.91 Å². The summed E-state index contributed by atoms with van der Waals surface area (Å²) in [6.07, 6.45) is 3.73. The van der Waals surface area contributed by atoms with Gasteiger partial charge in [-0.25, -0.2) is 0 Å². The molecule has 2 rings (SSSR count). The van der Waals surface area contributed by atoms with Crippen LogP contribution in [0.5, 0.6) is 0 Å². The monoisotopic (exact) mass is 198 g/mol. The van der Waals surface area contributed by atoms with Gasteiger partial charge in [0.05, 0.1) is 12.1 Å². The lowest BCUT2D eigenvalue weighted by atomic mass is 10.1. The second-order valence-corrected chi connectivity index (χ2v) is 4.24. The number of amides is 1. The number of carbonyl (C=O) groups excluding carboxylic acids is 1. The van der Waals surface area contributed by atoms with Crippen LogP contribution < -0.4 is 5.32 Å². The Morgan fingerprint density at radius 2 is 2.00 bits per heavy atom. The van der Waals surface area contributed by atoms with Gasteiger partial charge in [0.1, 0.15) is 0 Å². The van der Waals surface area contributed by atoms with Crippen molar-refractivity contribution >= 4 is 5.91 Å². The molecule has 1 amide bonds. The summed E-state index contributed by atoms with van der Waals surface area (Å²) >= 11 is 0. The van der Waals surface area contributed by atoms with Crippen LogP contribution in [-0.2, 0) is 4.79 Å². The van der Waals surface area contributed by atoms with Crippen molar-refractivity contribution in [2.75, 3.05) is 19.6 Å². The van der Waals surface area contributed by atoms with Gasteiger partial charge in [0, 0.05) is 19.6 Å². The van der Waals surface area contributed by atoms with Crippen molar-refractivity contribution in [3.8, 4) is 0 Å². The summed E-state index contributed by atoms with van der Waals surface area (Å²) in [5.74, 6) is 0.182. The predicted molar refractivity (Wildman–Crippen MR) is 52.8 cm³/mol. The summed E-state index contributed by atoms with van der Waals surface area (Å²) in [6, 6.07) is -0.136. The fourth-order valence-corrected chi connectivity index (χ4v) is 2.24. The van der Waals surface area contributed by atoms with Crippen molar-refractivity contribution in [1.29, 1.82) is 0 Å². The zero-order valence-electron chi connectivity index (χ0n) is 8.41. The Morgan fingerprint density at radius 1 is 1.29 bits per heavy atom. The van der Waals surface area contributed by atoms with Crippen LogP contribution in [0.25, 0.3) is 0 Å². The third-order valence-electron chi connectivity index (χ3n) is 3.07. The lowest BCUT2D eigenvalue weighted by Gasteiger charge is -2.29. The van der Waals surface area contributed by atoms with E-state index in [0.717, 1.165) is 25.9 Å². The highest BCUT2D eigenvalue weighted by molar-refractivity contribution is 5.82. The summed E-state index contributed by atoms with van der Waals surface area (Å²) < 4.78 is 0. The number of hydrogen-bond acceptors (Lipinski definition) is 3. The van der Waals surface area contributed by atoms with Crippen molar-refractivity contribution in [2.45, 2.75) is 37.8 Å². The molecule has 80 valence electrons. The second-order valence-electron chi connectivity index (χ2n) is 4.24. The first-order valence-corrected chi connectivity index (χ1v) is 5.47. The molecule has 0 aromatic rings. The minimum Gasteiger partial charge on any atom is -0.392 e. The van der Waals surface area contributed by atoms with Gasteiger partial charge in [-0.2, -0.15) is 0 Å². The Labute approximate surface area is 84.3 Å². The Kier molecular flexibility index (Phi) is 3.03. The molecule has 2 atom stereocenters. The quantitative estimate of drug-likeness (QED) is 0.609. The first kappa shape index (κ1) is 9.93. The Hall–Kier alpha value is -0.610. The number of likely N-dealkylation sites (tertiary alicyclic amines) is 1. The maximum Gasteiger partial charge on any atom is 0.239 e. The summed E-state index contributed by atoms with van der Waals surface area (Å²) in [7, 11) is 0. The second kappa shape index (κ2) is 4.28. The molecule has 0 radical (unpaired) electrons. The van der Waals surface area contributed by atoms with Crippen molar-refractivity contribution in [3.05, 3.63) is 0 Å². The van der Waals surface area contributed by atoms with Gasteiger partial charge >= 0.3 is 0 Å². The van der Waals surface area contributed by atoms with Crippen molar-refractivity contribution in [1.82, 2.24) is 10.2 Å². The van der Waals surface area contributed by atoms with Gasteiger partial charge in [-0.1, -0.05) is 0 Å². The molecule has 4 nitrogen and oxygen atoms in total. The number of carbonyl (C=O) groups is 1. The lowest BCUT2D eigenvalue weighted by Crippen LogP contribution is -2.45. The van der Waals surface area contributed by atoms with Gasteiger partial charge in [-0.15, -0.1) is 0 Å². The molecule has 2 N–H and O–H groups in total. The SMILES string of the molecule is O=C(C1CC(O)CN1)N1CCCCC1. The molecule has 0 aliphatic carbocycles. The third kappa shape index (κ3) is 2.07. The van der Waals surface area contributed by atoms with E-state index in [1.165, 1.54) is 6.42 Å². The number of aliphatic hydroxyl groups is 1. The number of piperidine rings is 1. The molecular weight excluding hydrogens is 180 g/mol. The van der Waals surface area contributed by atoms with Crippen LogP contribution in [0.15, 0.2) is 0 Å². The summed E-state index contributed by atoms with van der Waals surface area (Å²) in [6.45, 7) is 2.35. The number of rotatable bonds is 1. The van der Waals surface area contributed by atoms with E-state index in [1.54, 1.807) is 0 Å². The predicted octanol–water partition coefficient (Wildman–Crippen LogP) is -0.278. The molecule has 0 bridgehead atoms. The zero-order valence-corrected chi connectivity index (χ0v) is 8.41. The largest absolute Gasteiger partial charge is 0.392 e. The number of hydrogen-bond donors (Lipinski definition) is 2. The minimum absolute atomic E-state index is 0.136. The van der Waals surface area contributed by atoms with E-state index < -0.39 is 0 Å². The van der Waals surface area contributed by atoms with E-state index in [0.29, 0.717) is 13.0 Å². The lowest BCUT2D eigenvalue weighted by molar-refractivity contribution is -0.134. The van der Waals surface area contributed by atoms with Crippen molar-refractivity contribution < 1.29 is 9.90 Å². The third-order valence-corrected chi connectivity index (χ3v) is 3.07. The summed E-state index contributed by atoms with van der Waals surface area (Å²) in [5, 5.41) is 12.4. The molecule has 0 aromatic heterocycles. The topological polar surface area (TPSA) is 52.6 Å². The van der Waals surface area contributed by atoms with Gasteiger partial charge in [-0.05, 0) is 25.7 Å². The molecule has 0 spiro atoms. The standard InChI is InChI=1S/C10H18N2O2/c13-8-6-9(11-7-8)10(14)12-4-2-1-3-5-12/h8-9,11,13H,1-7H2. The maximum atomic E-state index is 11.9. The number of β-amino-alcohol motifs (C(OH)–C–C–N with tert-alkyl or cyclic N) is 1. The molecule has 2 aliphatic rings. The van der Waals surface area contributed by atoms with Crippen LogP contribution in [-0.4, -0.2) is 47.7 Å². The first-order chi connectivity index (χ1) is 6.77. The first-order valence-electron chi connectivity index (χ1n) is 5.47. The molecule has 2 aliphatic heterocycles. The fourth-order valence-electron chi connectivity index (χ4n) is 2.24. The van der Waals surface area contributed by atoms with Crippen LogP contribution in [0.1, 0.15) is 25.7 Å². The van der Waals surface area contributed by atoms with Gasteiger partial charge in [0.25, 0.3) is 0 Å². The van der Waals surface area contributed by atoms with E-state index >= 15 is 0 Å². The van der Waals surface area contributed by atoms with Crippen LogP contribution in [0.2, 0.25) is 0 Å².